The number of carbonyl (C=O) groups is 2. The highest BCUT2D eigenvalue weighted by Gasteiger charge is 2.36. The molecule has 0 aromatic carbocycles. The van der Waals surface area contributed by atoms with E-state index in [1.807, 2.05) is 6.08 Å². The quantitative estimate of drug-likeness (QED) is 0.255. The third-order valence-electron chi connectivity index (χ3n) is 5.35. The van der Waals surface area contributed by atoms with Crippen molar-refractivity contribution in [3.63, 3.8) is 0 Å². The van der Waals surface area contributed by atoms with Crippen LogP contribution in [0.4, 0.5) is 0 Å². The molecule has 0 heterocycles. The van der Waals surface area contributed by atoms with E-state index < -0.39 is 18.2 Å². The second-order valence-electron chi connectivity index (χ2n) is 7.81. The summed E-state index contributed by atoms with van der Waals surface area (Å²) in [6.45, 7) is 3.48. The Morgan fingerprint density at radius 1 is 1.17 bits per heavy atom. The predicted molar refractivity (Wildman–Crippen MR) is 112 cm³/mol. The molecule has 2 N–H and O–H groups in total. The molecule has 0 unspecified atom stereocenters. The minimum absolute atomic E-state index is 0.0893. The summed E-state index contributed by atoms with van der Waals surface area (Å²) >= 11 is 0. The summed E-state index contributed by atoms with van der Waals surface area (Å²) in [4.78, 5) is 22.6. The molecule has 166 valence electrons. The standard InChI is InChI=1S/C23H38O6/c1-4-5-8-11-18(25)14-15-19-20(22(16-21(19)26)29-17(2)24)12-9-6-7-10-13-23(27)28-3/h14-16,18-21,25-26H,4-13H2,1-3H3/b15-14+/t18-,19+,20+,21+/m0/s1. The molecular formula is C23H38O6. The minimum Gasteiger partial charge on any atom is -0.469 e. The van der Waals surface area contributed by atoms with E-state index in [1.165, 1.54) is 14.0 Å². The maximum atomic E-state index is 11.4. The lowest BCUT2D eigenvalue weighted by Crippen LogP contribution is -2.21. The molecule has 0 aliphatic heterocycles. The van der Waals surface area contributed by atoms with Crippen LogP contribution in [-0.4, -0.2) is 41.5 Å². The molecule has 0 saturated heterocycles. The van der Waals surface area contributed by atoms with Gasteiger partial charge in [-0.25, -0.2) is 0 Å². The molecule has 1 aliphatic carbocycles. The van der Waals surface area contributed by atoms with Crippen molar-refractivity contribution < 1.29 is 29.3 Å². The molecule has 6 nitrogen and oxygen atoms in total. The number of esters is 2. The third kappa shape index (κ3) is 10.1. The maximum Gasteiger partial charge on any atom is 0.307 e. The predicted octanol–water partition coefficient (Wildman–Crippen LogP) is 4.05. The number of ether oxygens (including phenoxy) is 2. The zero-order chi connectivity index (χ0) is 21.6. The Bertz CT molecular complexity index is 554. The highest BCUT2D eigenvalue weighted by atomic mass is 16.5. The van der Waals surface area contributed by atoms with Crippen LogP contribution >= 0.6 is 0 Å². The number of hydrogen-bond donors (Lipinski definition) is 2. The van der Waals surface area contributed by atoms with Gasteiger partial charge in [-0.3, -0.25) is 9.59 Å². The monoisotopic (exact) mass is 410 g/mol. The van der Waals surface area contributed by atoms with Crippen LogP contribution in [0, 0.1) is 11.8 Å². The van der Waals surface area contributed by atoms with E-state index in [4.69, 9.17) is 4.74 Å². The van der Waals surface area contributed by atoms with Crippen LogP contribution in [0.5, 0.6) is 0 Å². The van der Waals surface area contributed by atoms with E-state index in [0.29, 0.717) is 18.6 Å². The molecule has 0 saturated carbocycles. The molecular weight excluding hydrogens is 372 g/mol. The van der Waals surface area contributed by atoms with E-state index in [2.05, 4.69) is 11.7 Å². The van der Waals surface area contributed by atoms with Gasteiger partial charge in [0, 0.05) is 25.2 Å². The molecule has 29 heavy (non-hydrogen) atoms. The number of unbranched alkanes of at least 4 members (excludes halogenated alkanes) is 5. The van der Waals surface area contributed by atoms with Crippen LogP contribution in [-0.2, 0) is 19.1 Å². The Hall–Kier alpha value is -1.66. The molecule has 0 bridgehead atoms. The molecule has 0 fully saturated rings. The Morgan fingerprint density at radius 3 is 2.55 bits per heavy atom. The number of carbonyl (C=O) groups excluding carboxylic acids is 2. The summed E-state index contributed by atoms with van der Waals surface area (Å²) in [7, 11) is 1.39. The number of hydrogen-bond acceptors (Lipinski definition) is 6. The summed E-state index contributed by atoms with van der Waals surface area (Å²) in [5.41, 5.74) is 0. The number of allylic oxidation sites excluding steroid dienone is 1. The highest BCUT2D eigenvalue weighted by Crippen LogP contribution is 2.38. The molecule has 1 aliphatic rings. The third-order valence-corrected chi connectivity index (χ3v) is 5.35. The van der Waals surface area contributed by atoms with Crippen molar-refractivity contribution in [2.75, 3.05) is 7.11 Å². The minimum atomic E-state index is -0.729. The number of methoxy groups -OCH3 is 1. The Labute approximate surface area is 175 Å². The zero-order valence-corrected chi connectivity index (χ0v) is 18.1. The van der Waals surface area contributed by atoms with Crippen LogP contribution in [0.3, 0.4) is 0 Å². The van der Waals surface area contributed by atoms with Gasteiger partial charge in [-0.05, 0) is 25.3 Å². The Morgan fingerprint density at radius 2 is 1.90 bits per heavy atom. The normalized spacial score (nSPS) is 22.5. The van der Waals surface area contributed by atoms with E-state index >= 15 is 0 Å². The molecule has 0 aromatic rings. The summed E-state index contributed by atoms with van der Waals surface area (Å²) < 4.78 is 9.98. The molecule has 4 atom stereocenters. The van der Waals surface area contributed by atoms with Crippen molar-refractivity contribution in [3.8, 4) is 0 Å². The van der Waals surface area contributed by atoms with Crippen molar-refractivity contribution in [2.24, 2.45) is 11.8 Å². The van der Waals surface area contributed by atoms with Gasteiger partial charge < -0.3 is 19.7 Å². The number of rotatable bonds is 14. The Balaban J connectivity index is 2.58. The first-order chi connectivity index (χ1) is 13.9. The fourth-order valence-corrected chi connectivity index (χ4v) is 3.73. The van der Waals surface area contributed by atoms with E-state index in [1.54, 1.807) is 12.2 Å². The van der Waals surface area contributed by atoms with Crippen LogP contribution in [0.1, 0.15) is 78.1 Å². The van der Waals surface area contributed by atoms with Crippen LogP contribution in [0.15, 0.2) is 24.0 Å². The molecule has 6 heteroatoms. The van der Waals surface area contributed by atoms with Crippen molar-refractivity contribution in [3.05, 3.63) is 24.0 Å². The fraction of sp³-hybridized carbons (Fsp3) is 0.739. The molecule has 0 radical (unpaired) electrons. The van der Waals surface area contributed by atoms with Crippen molar-refractivity contribution >= 4 is 11.9 Å². The first kappa shape index (κ1) is 25.4. The molecule has 0 amide bonds. The zero-order valence-electron chi connectivity index (χ0n) is 18.1. The topological polar surface area (TPSA) is 93.1 Å². The van der Waals surface area contributed by atoms with Gasteiger partial charge in [-0.1, -0.05) is 57.6 Å². The summed E-state index contributed by atoms with van der Waals surface area (Å²) in [6, 6.07) is 0. The largest absolute Gasteiger partial charge is 0.469 e. The van der Waals surface area contributed by atoms with Gasteiger partial charge in [-0.2, -0.15) is 0 Å². The lowest BCUT2D eigenvalue weighted by Gasteiger charge is -2.22. The van der Waals surface area contributed by atoms with E-state index in [0.717, 1.165) is 51.4 Å². The summed E-state index contributed by atoms with van der Waals surface area (Å²) in [5, 5.41) is 20.6. The van der Waals surface area contributed by atoms with Gasteiger partial charge in [0.05, 0.1) is 19.3 Å². The van der Waals surface area contributed by atoms with Crippen molar-refractivity contribution in [2.45, 2.75) is 90.3 Å². The average Bonchev–Trinajstić information content (AvgIpc) is 2.96. The van der Waals surface area contributed by atoms with Gasteiger partial charge >= 0.3 is 11.9 Å². The second kappa shape index (κ2) is 14.3. The van der Waals surface area contributed by atoms with Gasteiger partial charge in [0.25, 0.3) is 0 Å². The maximum absolute atomic E-state index is 11.4. The second-order valence-corrected chi connectivity index (χ2v) is 7.81. The van der Waals surface area contributed by atoms with Crippen LogP contribution < -0.4 is 0 Å². The Kier molecular flexibility index (Phi) is 12.6. The SMILES string of the molecule is CCCCC[C@H](O)/C=C/[C@H]1[C@H](O)C=C(OC(C)=O)[C@@H]1CCCCCCC(=O)OC. The fourth-order valence-electron chi connectivity index (χ4n) is 3.73. The van der Waals surface area contributed by atoms with E-state index in [9.17, 15) is 19.8 Å². The summed E-state index contributed by atoms with van der Waals surface area (Å²) in [6.07, 6.45) is 12.6. The van der Waals surface area contributed by atoms with Gasteiger partial charge in [0.2, 0.25) is 0 Å². The molecule has 0 spiro atoms. The number of aliphatic hydroxyl groups is 2. The van der Waals surface area contributed by atoms with Gasteiger partial charge in [0.15, 0.2) is 0 Å². The summed E-state index contributed by atoms with van der Waals surface area (Å²) in [5.74, 6) is -0.356. The molecule has 1 rings (SSSR count). The van der Waals surface area contributed by atoms with Crippen molar-refractivity contribution in [1.29, 1.82) is 0 Å². The number of aliphatic hydroxyl groups excluding tert-OH is 2. The first-order valence-corrected chi connectivity index (χ1v) is 10.9. The lowest BCUT2D eigenvalue weighted by atomic mass is 9.87. The van der Waals surface area contributed by atoms with Gasteiger partial charge in [-0.15, -0.1) is 0 Å². The highest BCUT2D eigenvalue weighted by molar-refractivity contribution is 5.69. The van der Waals surface area contributed by atoms with Gasteiger partial charge in [0.1, 0.15) is 5.76 Å². The molecule has 0 aromatic heterocycles. The first-order valence-electron chi connectivity index (χ1n) is 10.9. The lowest BCUT2D eigenvalue weighted by molar-refractivity contribution is -0.141. The van der Waals surface area contributed by atoms with Crippen LogP contribution in [0.25, 0.3) is 0 Å². The average molecular weight is 411 g/mol. The smallest absolute Gasteiger partial charge is 0.307 e. The van der Waals surface area contributed by atoms with E-state index in [-0.39, 0.29) is 17.8 Å². The van der Waals surface area contributed by atoms with Crippen LogP contribution in [0.2, 0.25) is 0 Å². The van der Waals surface area contributed by atoms with Crippen molar-refractivity contribution in [1.82, 2.24) is 0 Å².